The number of aryl methyl sites for hydroxylation is 1. The molecule has 128 valence electrons. The maximum absolute atomic E-state index is 12.7. The van der Waals surface area contributed by atoms with Crippen molar-refractivity contribution in [3.8, 4) is 11.3 Å². The van der Waals surface area contributed by atoms with Gasteiger partial charge in [0, 0.05) is 22.0 Å². The van der Waals surface area contributed by atoms with E-state index in [1.54, 1.807) is 0 Å². The van der Waals surface area contributed by atoms with E-state index in [9.17, 15) is 4.79 Å². The Kier molecular flexibility index (Phi) is 5.44. The molecule has 0 unspecified atom stereocenters. The Morgan fingerprint density at radius 3 is 2.32 bits per heavy atom. The number of ether oxygens (including phenoxy) is 1. The van der Waals surface area contributed by atoms with E-state index in [1.165, 1.54) is 0 Å². The van der Waals surface area contributed by atoms with E-state index in [-0.39, 0.29) is 5.97 Å². The predicted molar refractivity (Wildman–Crippen MR) is 102 cm³/mol. The van der Waals surface area contributed by atoms with Gasteiger partial charge in [0.2, 0.25) is 0 Å². The van der Waals surface area contributed by atoms with Gasteiger partial charge >= 0.3 is 5.97 Å². The van der Waals surface area contributed by atoms with Gasteiger partial charge in [-0.15, -0.1) is 0 Å². The number of rotatable bonds is 6. The first-order chi connectivity index (χ1) is 12.3. The van der Waals surface area contributed by atoms with E-state index in [4.69, 9.17) is 9.72 Å². The summed E-state index contributed by atoms with van der Waals surface area (Å²) in [4.78, 5) is 17.6. The molecule has 25 heavy (non-hydrogen) atoms. The average Bonchev–Trinajstić information content (AvgIpc) is 2.66. The smallest absolute Gasteiger partial charge is 0.340 e. The number of hydrogen-bond donors (Lipinski definition) is 0. The molecule has 3 rings (SSSR count). The number of nitrogens with zero attached hydrogens (tertiary/aromatic N) is 1. The Morgan fingerprint density at radius 1 is 0.960 bits per heavy atom. The van der Waals surface area contributed by atoms with Crippen molar-refractivity contribution in [3.05, 3.63) is 65.9 Å². The van der Waals surface area contributed by atoms with Crippen molar-refractivity contribution in [2.45, 2.75) is 33.1 Å². The van der Waals surface area contributed by atoms with Crippen molar-refractivity contribution in [2.24, 2.45) is 0 Å². The fourth-order valence-electron chi connectivity index (χ4n) is 3.08. The quantitative estimate of drug-likeness (QED) is 0.565. The van der Waals surface area contributed by atoms with Crippen LogP contribution in [0.25, 0.3) is 22.0 Å². The predicted octanol–water partition coefficient (Wildman–Crippen LogP) is 5.42. The van der Waals surface area contributed by atoms with Gasteiger partial charge in [0.25, 0.3) is 0 Å². The van der Waals surface area contributed by atoms with E-state index < -0.39 is 0 Å². The molecular weight excluding hydrogens is 310 g/mol. The molecule has 2 aromatic carbocycles. The molecule has 1 aromatic heterocycles. The van der Waals surface area contributed by atoms with E-state index >= 15 is 0 Å². The summed E-state index contributed by atoms with van der Waals surface area (Å²) in [6.45, 7) is 4.34. The molecule has 3 nitrogen and oxygen atoms in total. The molecule has 0 bridgehead atoms. The summed E-state index contributed by atoms with van der Waals surface area (Å²) in [5.41, 5.74) is 3.26. The molecule has 1 heterocycles. The SMILES string of the molecule is CCCCc1nc(-c2ccccc2)c(C(=O)OCC)c2ccccc12. The van der Waals surface area contributed by atoms with Crippen molar-refractivity contribution in [1.29, 1.82) is 0 Å². The molecule has 0 saturated carbocycles. The van der Waals surface area contributed by atoms with Gasteiger partial charge in [-0.25, -0.2) is 4.79 Å². The number of hydrogen-bond acceptors (Lipinski definition) is 3. The highest BCUT2D eigenvalue weighted by molar-refractivity contribution is 6.09. The highest BCUT2D eigenvalue weighted by Crippen LogP contribution is 2.31. The van der Waals surface area contributed by atoms with Crippen LogP contribution in [-0.2, 0) is 11.2 Å². The topological polar surface area (TPSA) is 39.2 Å². The summed E-state index contributed by atoms with van der Waals surface area (Å²) in [6.07, 6.45) is 3.08. The van der Waals surface area contributed by atoms with Crippen molar-refractivity contribution >= 4 is 16.7 Å². The molecule has 0 aliphatic rings. The summed E-state index contributed by atoms with van der Waals surface area (Å²) >= 11 is 0. The molecule has 3 heteroatoms. The van der Waals surface area contributed by atoms with Crippen LogP contribution in [0.2, 0.25) is 0 Å². The minimum absolute atomic E-state index is 0.313. The van der Waals surface area contributed by atoms with Gasteiger partial charge < -0.3 is 4.74 Å². The molecular formula is C22H23NO2. The monoisotopic (exact) mass is 333 g/mol. The van der Waals surface area contributed by atoms with Crippen molar-refractivity contribution in [1.82, 2.24) is 4.98 Å². The summed E-state index contributed by atoms with van der Waals surface area (Å²) in [6, 6.07) is 17.9. The second-order valence-electron chi connectivity index (χ2n) is 6.02. The van der Waals surface area contributed by atoms with Gasteiger partial charge in [-0.2, -0.15) is 0 Å². The normalized spacial score (nSPS) is 10.8. The Bertz CT molecular complexity index is 872. The first-order valence-corrected chi connectivity index (χ1v) is 8.90. The molecule has 3 aromatic rings. The highest BCUT2D eigenvalue weighted by atomic mass is 16.5. The van der Waals surface area contributed by atoms with Crippen LogP contribution in [0.4, 0.5) is 0 Å². The van der Waals surface area contributed by atoms with Crippen LogP contribution in [-0.4, -0.2) is 17.6 Å². The summed E-state index contributed by atoms with van der Waals surface area (Å²) in [7, 11) is 0. The minimum Gasteiger partial charge on any atom is -0.462 e. The molecule has 0 saturated heterocycles. The number of fused-ring (bicyclic) bond motifs is 1. The number of carbonyl (C=O) groups excluding carboxylic acids is 1. The Labute approximate surface area is 148 Å². The van der Waals surface area contributed by atoms with Crippen LogP contribution >= 0.6 is 0 Å². The van der Waals surface area contributed by atoms with Gasteiger partial charge in [-0.05, 0) is 19.8 Å². The number of pyridine rings is 1. The molecule has 0 atom stereocenters. The first-order valence-electron chi connectivity index (χ1n) is 8.90. The standard InChI is InChI=1S/C22H23NO2/c1-3-5-15-19-17-13-9-10-14-18(17)20(22(24)25-4-2)21(23-19)16-11-7-6-8-12-16/h6-14H,3-5,15H2,1-2H3. The molecule has 0 aliphatic carbocycles. The number of benzene rings is 2. The van der Waals surface area contributed by atoms with Crippen LogP contribution < -0.4 is 0 Å². The zero-order valence-corrected chi connectivity index (χ0v) is 14.8. The lowest BCUT2D eigenvalue weighted by atomic mass is 9.96. The van der Waals surface area contributed by atoms with Crippen LogP contribution in [0.1, 0.15) is 42.7 Å². The van der Waals surface area contributed by atoms with E-state index in [1.807, 2.05) is 61.5 Å². The third-order valence-electron chi connectivity index (χ3n) is 4.28. The fourth-order valence-corrected chi connectivity index (χ4v) is 3.08. The minimum atomic E-state index is -0.313. The number of carbonyl (C=O) groups is 1. The molecule has 0 spiro atoms. The summed E-state index contributed by atoms with van der Waals surface area (Å²) in [5, 5.41) is 1.96. The highest BCUT2D eigenvalue weighted by Gasteiger charge is 2.21. The number of esters is 1. The Balaban J connectivity index is 2.30. The average molecular weight is 333 g/mol. The van der Waals surface area contributed by atoms with Gasteiger partial charge in [0.1, 0.15) is 0 Å². The van der Waals surface area contributed by atoms with Gasteiger partial charge in [0.05, 0.1) is 17.9 Å². The van der Waals surface area contributed by atoms with Gasteiger partial charge in [-0.3, -0.25) is 4.98 Å². The lowest BCUT2D eigenvalue weighted by Crippen LogP contribution is -2.10. The molecule has 0 radical (unpaired) electrons. The first kappa shape index (κ1) is 17.2. The summed E-state index contributed by atoms with van der Waals surface area (Å²) < 4.78 is 5.34. The second-order valence-corrected chi connectivity index (χ2v) is 6.02. The zero-order valence-electron chi connectivity index (χ0n) is 14.8. The van der Waals surface area contributed by atoms with E-state index in [2.05, 4.69) is 6.92 Å². The van der Waals surface area contributed by atoms with Gasteiger partial charge in [0.15, 0.2) is 0 Å². The zero-order chi connectivity index (χ0) is 17.6. The van der Waals surface area contributed by atoms with Crippen LogP contribution in [0.5, 0.6) is 0 Å². The van der Waals surface area contributed by atoms with E-state index in [0.29, 0.717) is 17.9 Å². The summed E-state index contributed by atoms with van der Waals surface area (Å²) in [5.74, 6) is -0.313. The molecule has 0 N–H and O–H groups in total. The van der Waals surface area contributed by atoms with E-state index in [0.717, 1.165) is 41.3 Å². The lowest BCUT2D eigenvalue weighted by Gasteiger charge is -2.15. The molecule has 0 fully saturated rings. The number of aromatic nitrogens is 1. The molecule has 0 amide bonds. The van der Waals surface area contributed by atoms with Crippen molar-refractivity contribution in [3.63, 3.8) is 0 Å². The van der Waals surface area contributed by atoms with Crippen LogP contribution in [0.15, 0.2) is 54.6 Å². The largest absolute Gasteiger partial charge is 0.462 e. The lowest BCUT2D eigenvalue weighted by molar-refractivity contribution is 0.0529. The third-order valence-corrected chi connectivity index (χ3v) is 4.28. The third kappa shape index (κ3) is 3.55. The number of unbranched alkanes of at least 4 members (excludes halogenated alkanes) is 1. The Morgan fingerprint density at radius 2 is 1.64 bits per heavy atom. The Hall–Kier alpha value is -2.68. The van der Waals surface area contributed by atoms with Gasteiger partial charge in [-0.1, -0.05) is 67.9 Å². The van der Waals surface area contributed by atoms with Crippen LogP contribution in [0.3, 0.4) is 0 Å². The van der Waals surface area contributed by atoms with Crippen molar-refractivity contribution < 1.29 is 9.53 Å². The molecule has 0 aliphatic heterocycles. The van der Waals surface area contributed by atoms with Crippen LogP contribution in [0, 0.1) is 0 Å². The maximum Gasteiger partial charge on any atom is 0.340 e. The fraction of sp³-hybridized carbons (Fsp3) is 0.273. The maximum atomic E-state index is 12.7. The van der Waals surface area contributed by atoms with Crippen molar-refractivity contribution in [2.75, 3.05) is 6.61 Å². The second kappa shape index (κ2) is 7.93.